The predicted octanol–water partition coefficient (Wildman–Crippen LogP) is 9.03. The molecule has 0 aliphatic rings. The number of benzene rings is 3. The number of hydrogen-bond acceptors (Lipinski definition) is 3. The smallest absolute Gasteiger partial charge is 0.237 e. The van der Waals surface area contributed by atoms with Gasteiger partial charge in [0.25, 0.3) is 0 Å². The van der Waals surface area contributed by atoms with Crippen LogP contribution in [0.1, 0.15) is 16.7 Å². The summed E-state index contributed by atoms with van der Waals surface area (Å²) in [4.78, 5) is 0.471. The molecule has 5 rings (SSSR count). The van der Waals surface area contributed by atoms with Gasteiger partial charge in [0, 0.05) is 36.7 Å². The second kappa shape index (κ2) is 9.62. The van der Waals surface area contributed by atoms with Gasteiger partial charge in [-0.05, 0) is 28.3 Å². The molecule has 0 saturated heterocycles. The van der Waals surface area contributed by atoms with Crippen molar-refractivity contribution in [3.05, 3.63) is 82.7 Å². The molecular formula is C25H10F9IrN2S-. The molecule has 199 valence electrons. The van der Waals surface area contributed by atoms with Crippen molar-refractivity contribution >= 4 is 32.9 Å². The van der Waals surface area contributed by atoms with E-state index in [9.17, 15) is 39.5 Å². The molecule has 0 aliphatic carbocycles. The number of alkyl halides is 9. The molecule has 2 heterocycles. The van der Waals surface area contributed by atoms with Crippen molar-refractivity contribution in [2.24, 2.45) is 0 Å². The number of rotatable bonds is 2. The summed E-state index contributed by atoms with van der Waals surface area (Å²) in [5.41, 5.74) is -9.32. The molecule has 0 unspecified atom stereocenters. The molecule has 0 fully saturated rings. The summed E-state index contributed by atoms with van der Waals surface area (Å²) in [7, 11) is 0. The second-order valence-corrected chi connectivity index (χ2v) is 8.86. The van der Waals surface area contributed by atoms with Crippen molar-refractivity contribution in [3.8, 4) is 21.8 Å². The van der Waals surface area contributed by atoms with Crippen LogP contribution in [0, 0.1) is 6.07 Å². The number of hydrogen-bond donors (Lipinski definition) is 0. The van der Waals surface area contributed by atoms with Crippen LogP contribution in [0.15, 0.2) is 60.0 Å². The van der Waals surface area contributed by atoms with Crippen LogP contribution in [0.3, 0.4) is 0 Å². The van der Waals surface area contributed by atoms with Gasteiger partial charge in [-0.3, -0.25) is 0 Å². The van der Waals surface area contributed by atoms with Gasteiger partial charge in [-0.2, -0.15) is 56.7 Å². The third-order valence-corrected chi connectivity index (χ3v) is 6.48. The molecule has 0 amide bonds. The molecule has 3 aromatic carbocycles. The molecule has 38 heavy (non-hydrogen) atoms. The average molecular weight is 734 g/mol. The zero-order valence-corrected chi connectivity index (χ0v) is 21.5. The molecule has 0 bridgehead atoms. The first kappa shape index (κ1) is 28.0. The maximum absolute atomic E-state index is 14.1. The molecule has 0 atom stereocenters. The second-order valence-electron chi connectivity index (χ2n) is 7.94. The van der Waals surface area contributed by atoms with Crippen molar-refractivity contribution in [2.75, 3.05) is 0 Å². The molecule has 2 aromatic heterocycles. The number of fused-ring (bicyclic) bond motifs is 2. The number of halogens is 9. The van der Waals surface area contributed by atoms with Crippen LogP contribution in [0.25, 0.3) is 43.4 Å². The van der Waals surface area contributed by atoms with Gasteiger partial charge in [-0.1, -0.05) is 41.3 Å². The van der Waals surface area contributed by atoms with Crippen molar-refractivity contribution in [1.29, 1.82) is 0 Å². The summed E-state index contributed by atoms with van der Waals surface area (Å²) in [5, 5.41) is 10.9. The van der Waals surface area contributed by atoms with Crippen molar-refractivity contribution in [3.63, 3.8) is 0 Å². The Morgan fingerprint density at radius 1 is 0.658 bits per heavy atom. The normalized spacial score (nSPS) is 12.7. The summed E-state index contributed by atoms with van der Waals surface area (Å²) in [6, 6.07) is 14.6. The zero-order chi connectivity index (χ0) is 26.8. The van der Waals surface area contributed by atoms with Crippen LogP contribution in [-0.2, 0) is 38.6 Å². The monoisotopic (exact) mass is 734 g/mol. The molecule has 2 nitrogen and oxygen atoms in total. The average Bonchev–Trinajstić information content (AvgIpc) is 3.34. The summed E-state index contributed by atoms with van der Waals surface area (Å²) < 4.78 is 124. The van der Waals surface area contributed by atoms with E-state index in [1.54, 1.807) is 41.8 Å². The number of aromatic nitrogens is 2. The number of thiophene rings is 1. The molecule has 1 radical (unpaired) electrons. The fraction of sp³-hybridized carbons (Fsp3) is 0.120. The van der Waals surface area contributed by atoms with Gasteiger partial charge in [-0.15, -0.1) is 5.38 Å². The number of nitrogens with zero attached hydrogens (tertiary/aromatic N) is 2. The van der Waals surface area contributed by atoms with Crippen molar-refractivity contribution in [1.82, 2.24) is 10.2 Å². The standard InChI is InChI=1S/C25H10F9N2S.Ir/c26-23(27,28)17-8-7-14(19(24(29,30)31)20(17)25(32,33)34)21-15-10-12-4-1-2-5-13(12)11-16(15)22(36-35-21)18-6-3-9-37-18;/h1-5,7-11H;/q-1;. The van der Waals surface area contributed by atoms with E-state index in [1.807, 2.05) is 0 Å². The molecule has 0 N–H and O–H groups in total. The SMILES string of the molecule is FC(F)(F)c1ccc(-c2nnc(-c3[c-]ccs3)c3cc4ccccc4cc23)c(C(F)(F)F)c1C(F)(F)F.[Ir]. The van der Waals surface area contributed by atoms with Crippen LogP contribution < -0.4 is 0 Å². The minimum Gasteiger partial charge on any atom is -0.237 e. The predicted molar refractivity (Wildman–Crippen MR) is 120 cm³/mol. The molecule has 0 saturated carbocycles. The molecule has 0 aliphatic heterocycles. The fourth-order valence-corrected chi connectivity index (χ4v) is 4.87. The van der Waals surface area contributed by atoms with E-state index in [1.165, 1.54) is 17.4 Å². The first-order valence-corrected chi connectivity index (χ1v) is 11.2. The molecule has 13 heteroatoms. The minimum atomic E-state index is -5.96. The van der Waals surface area contributed by atoms with Gasteiger partial charge < -0.3 is 0 Å². The van der Waals surface area contributed by atoms with Gasteiger partial charge >= 0.3 is 18.5 Å². The maximum atomic E-state index is 14.1. The summed E-state index contributed by atoms with van der Waals surface area (Å²) in [6.07, 6.45) is -17.5. The Labute approximate surface area is 225 Å². The van der Waals surface area contributed by atoms with Gasteiger partial charge in [0.05, 0.1) is 22.4 Å². The molecule has 0 spiro atoms. The van der Waals surface area contributed by atoms with Gasteiger partial charge in [0.15, 0.2) is 0 Å². The Balaban J connectivity index is 0.00000336. The quantitative estimate of drug-likeness (QED) is 0.103. The Hall–Kier alpha value is -3.02. The van der Waals surface area contributed by atoms with Crippen molar-refractivity contribution in [2.45, 2.75) is 18.5 Å². The topological polar surface area (TPSA) is 25.8 Å². The largest absolute Gasteiger partial charge is 0.417 e. The van der Waals surface area contributed by atoms with Gasteiger partial charge in [0.2, 0.25) is 0 Å². The van der Waals surface area contributed by atoms with Crippen LogP contribution in [-0.4, -0.2) is 10.2 Å². The van der Waals surface area contributed by atoms with Crippen LogP contribution in [0.4, 0.5) is 39.5 Å². The van der Waals surface area contributed by atoms with Crippen LogP contribution in [0.2, 0.25) is 0 Å². The van der Waals surface area contributed by atoms with Gasteiger partial charge in [-0.25, -0.2) is 16.4 Å². The third kappa shape index (κ3) is 4.90. The Morgan fingerprint density at radius 2 is 1.21 bits per heavy atom. The third-order valence-electron chi connectivity index (χ3n) is 5.66. The molecule has 5 aromatic rings. The summed E-state index contributed by atoms with van der Waals surface area (Å²) in [6.45, 7) is 0. The Kier molecular flexibility index (Phi) is 7.09. The van der Waals surface area contributed by atoms with E-state index < -0.39 is 46.5 Å². The van der Waals surface area contributed by atoms with E-state index in [0.29, 0.717) is 21.7 Å². The van der Waals surface area contributed by atoms with Crippen LogP contribution >= 0.6 is 11.3 Å². The summed E-state index contributed by atoms with van der Waals surface area (Å²) in [5.74, 6) is 0. The Bertz CT molecular complexity index is 1640. The Morgan fingerprint density at radius 3 is 1.71 bits per heavy atom. The van der Waals surface area contributed by atoms with Gasteiger partial charge in [0.1, 0.15) is 0 Å². The molecular weight excluding hydrogens is 724 g/mol. The van der Waals surface area contributed by atoms with E-state index in [-0.39, 0.29) is 42.6 Å². The zero-order valence-electron chi connectivity index (χ0n) is 18.3. The van der Waals surface area contributed by atoms with E-state index in [2.05, 4.69) is 16.3 Å². The summed E-state index contributed by atoms with van der Waals surface area (Å²) >= 11 is 1.20. The van der Waals surface area contributed by atoms with E-state index in [4.69, 9.17) is 0 Å². The van der Waals surface area contributed by atoms with E-state index in [0.717, 1.165) is 0 Å². The fourth-order valence-electron chi connectivity index (χ4n) is 4.20. The van der Waals surface area contributed by atoms with Crippen molar-refractivity contribution < 1.29 is 59.6 Å². The minimum absolute atomic E-state index is 0. The van der Waals surface area contributed by atoms with E-state index >= 15 is 0 Å². The first-order valence-electron chi connectivity index (χ1n) is 10.3. The maximum Gasteiger partial charge on any atom is 0.417 e. The first-order chi connectivity index (χ1) is 17.3. The van der Waals surface area contributed by atoms with Crippen LogP contribution in [0.5, 0.6) is 0 Å².